The van der Waals surface area contributed by atoms with Gasteiger partial charge in [-0.1, -0.05) is 26.0 Å². The molecule has 0 heterocycles. The van der Waals surface area contributed by atoms with E-state index in [1.54, 1.807) is 7.11 Å². The molecule has 0 aromatic heterocycles. The molecule has 1 aliphatic rings. The Kier molecular flexibility index (Phi) is 4.21. The predicted octanol–water partition coefficient (Wildman–Crippen LogP) is 3.08. The minimum absolute atomic E-state index is 0.194. The van der Waals surface area contributed by atoms with Crippen LogP contribution in [0.25, 0.3) is 0 Å². The number of hydrogen-bond acceptors (Lipinski definition) is 4. The Morgan fingerprint density at radius 3 is 2.50 bits per heavy atom. The molecule has 2 rings (SSSR count). The summed E-state index contributed by atoms with van der Waals surface area (Å²) in [6.07, 6.45) is 1.60. The zero-order valence-corrected chi connectivity index (χ0v) is 12.6. The number of para-hydroxylation sites is 2. The fraction of sp³-hybridized carbons (Fsp3) is 0.562. The highest BCUT2D eigenvalue weighted by atomic mass is 16.5. The molecule has 0 atom stereocenters. The topological polar surface area (TPSA) is 47.6 Å². The Labute approximate surface area is 120 Å². The number of esters is 1. The molecule has 4 nitrogen and oxygen atoms in total. The Balaban J connectivity index is 2.20. The van der Waals surface area contributed by atoms with Gasteiger partial charge in [0.2, 0.25) is 0 Å². The van der Waals surface area contributed by atoms with Gasteiger partial charge in [0.05, 0.1) is 19.9 Å². The maximum Gasteiger partial charge on any atom is 0.331 e. The summed E-state index contributed by atoms with van der Waals surface area (Å²) in [5, 5.41) is 3.35. The van der Waals surface area contributed by atoms with E-state index in [1.165, 1.54) is 7.11 Å². The second-order valence-electron chi connectivity index (χ2n) is 5.81. The third kappa shape index (κ3) is 2.60. The normalized spacial score (nSPS) is 24.9. The van der Waals surface area contributed by atoms with Crippen molar-refractivity contribution in [1.82, 2.24) is 0 Å². The number of carbonyl (C=O) groups excluding carboxylic acids is 1. The van der Waals surface area contributed by atoms with E-state index in [1.807, 2.05) is 24.3 Å². The van der Waals surface area contributed by atoms with Crippen molar-refractivity contribution in [2.24, 2.45) is 11.8 Å². The van der Waals surface area contributed by atoms with Gasteiger partial charge in [-0.15, -0.1) is 0 Å². The van der Waals surface area contributed by atoms with Crippen molar-refractivity contribution in [1.29, 1.82) is 0 Å². The summed E-state index contributed by atoms with van der Waals surface area (Å²) in [6.45, 7) is 4.38. The molecule has 20 heavy (non-hydrogen) atoms. The molecule has 1 saturated carbocycles. The average molecular weight is 277 g/mol. The fourth-order valence-electron chi connectivity index (χ4n) is 2.83. The van der Waals surface area contributed by atoms with Crippen LogP contribution in [0.1, 0.15) is 26.7 Å². The van der Waals surface area contributed by atoms with Crippen molar-refractivity contribution in [2.45, 2.75) is 32.2 Å². The molecule has 4 heteroatoms. The molecule has 1 aromatic rings. The summed E-state index contributed by atoms with van der Waals surface area (Å²) >= 11 is 0. The van der Waals surface area contributed by atoms with Gasteiger partial charge in [-0.3, -0.25) is 0 Å². The summed E-state index contributed by atoms with van der Waals surface area (Å²) in [7, 11) is 3.07. The Bertz CT molecular complexity index is 478. The van der Waals surface area contributed by atoms with Gasteiger partial charge >= 0.3 is 5.97 Å². The first-order chi connectivity index (χ1) is 9.52. The highest BCUT2D eigenvalue weighted by Gasteiger charge is 2.52. The van der Waals surface area contributed by atoms with Crippen molar-refractivity contribution in [3.63, 3.8) is 0 Å². The van der Waals surface area contributed by atoms with E-state index in [-0.39, 0.29) is 5.97 Å². The quantitative estimate of drug-likeness (QED) is 0.840. The van der Waals surface area contributed by atoms with Gasteiger partial charge < -0.3 is 14.8 Å². The van der Waals surface area contributed by atoms with Gasteiger partial charge in [0.25, 0.3) is 0 Å². The number of benzene rings is 1. The highest BCUT2D eigenvalue weighted by molar-refractivity contribution is 5.86. The first-order valence-corrected chi connectivity index (χ1v) is 7.02. The van der Waals surface area contributed by atoms with Crippen molar-refractivity contribution in [2.75, 3.05) is 19.5 Å². The molecule has 0 amide bonds. The van der Waals surface area contributed by atoms with Crippen LogP contribution >= 0.6 is 0 Å². The first-order valence-electron chi connectivity index (χ1n) is 7.02. The van der Waals surface area contributed by atoms with Gasteiger partial charge in [-0.2, -0.15) is 0 Å². The highest BCUT2D eigenvalue weighted by Crippen LogP contribution is 2.46. The van der Waals surface area contributed by atoms with Crippen LogP contribution in [0.2, 0.25) is 0 Å². The van der Waals surface area contributed by atoms with E-state index in [9.17, 15) is 4.79 Å². The summed E-state index contributed by atoms with van der Waals surface area (Å²) < 4.78 is 10.3. The number of anilines is 1. The maximum atomic E-state index is 12.2. The number of carbonyl (C=O) groups is 1. The minimum Gasteiger partial charge on any atom is -0.495 e. The zero-order chi connectivity index (χ0) is 14.8. The van der Waals surface area contributed by atoms with Crippen LogP contribution in [0.3, 0.4) is 0 Å². The number of methoxy groups -OCH3 is 2. The van der Waals surface area contributed by atoms with Crippen LogP contribution in [-0.4, -0.2) is 25.7 Å². The molecule has 0 bridgehead atoms. The molecular formula is C16H23NO3. The largest absolute Gasteiger partial charge is 0.495 e. The van der Waals surface area contributed by atoms with E-state index in [0.717, 1.165) is 24.3 Å². The van der Waals surface area contributed by atoms with Crippen LogP contribution in [-0.2, 0) is 9.53 Å². The van der Waals surface area contributed by atoms with E-state index < -0.39 is 5.54 Å². The van der Waals surface area contributed by atoms with Gasteiger partial charge in [-0.25, -0.2) is 4.79 Å². The second-order valence-corrected chi connectivity index (χ2v) is 5.81. The standard InChI is InChI=1S/C16H23NO3/c1-11(2)12-9-16(10-12,15(18)20-4)17-13-7-5-6-8-14(13)19-3/h5-8,11-12,17H,9-10H2,1-4H3. The summed E-state index contributed by atoms with van der Waals surface area (Å²) in [5.74, 6) is 1.67. The van der Waals surface area contributed by atoms with Crippen molar-refractivity contribution in [3.8, 4) is 5.75 Å². The average Bonchev–Trinajstić information content (AvgIpc) is 2.41. The third-order valence-corrected chi connectivity index (χ3v) is 4.22. The molecule has 1 aromatic carbocycles. The maximum absolute atomic E-state index is 12.2. The number of hydrogen-bond donors (Lipinski definition) is 1. The first kappa shape index (κ1) is 14.7. The second kappa shape index (κ2) is 5.73. The SMILES string of the molecule is COC(=O)C1(Nc2ccccc2OC)CC(C(C)C)C1. The van der Waals surface area contributed by atoms with Crippen LogP contribution in [0, 0.1) is 11.8 Å². The molecule has 110 valence electrons. The summed E-state index contributed by atoms with van der Waals surface area (Å²) in [5.41, 5.74) is 0.223. The number of nitrogens with one attached hydrogen (secondary N) is 1. The molecule has 1 aliphatic carbocycles. The predicted molar refractivity (Wildman–Crippen MR) is 78.9 cm³/mol. The lowest BCUT2D eigenvalue weighted by molar-refractivity contribution is -0.151. The molecule has 1 N–H and O–H groups in total. The zero-order valence-electron chi connectivity index (χ0n) is 12.6. The monoisotopic (exact) mass is 277 g/mol. The lowest BCUT2D eigenvalue weighted by Crippen LogP contribution is -2.58. The molecule has 0 spiro atoms. The fourth-order valence-corrected chi connectivity index (χ4v) is 2.83. The smallest absolute Gasteiger partial charge is 0.331 e. The van der Waals surface area contributed by atoms with Crippen molar-refractivity contribution < 1.29 is 14.3 Å². The van der Waals surface area contributed by atoms with Crippen LogP contribution in [0.15, 0.2) is 24.3 Å². The number of ether oxygens (including phenoxy) is 2. The van der Waals surface area contributed by atoms with Gasteiger partial charge in [-0.05, 0) is 36.8 Å². The molecule has 0 aliphatic heterocycles. The Morgan fingerprint density at radius 1 is 1.30 bits per heavy atom. The lowest BCUT2D eigenvalue weighted by atomic mass is 9.64. The number of rotatable bonds is 5. The lowest BCUT2D eigenvalue weighted by Gasteiger charge is -2.48. The van der Waals surface area contributed by atoms with Crippen LogP contribution in [0.4, 0.5) is 5.69 Å². The van der Waals surface area contributed by atoms with Crippen LogP contribution < -0.4 is 10.1 Å². The molecule has 1 fully saturated rings. The van der Waals surface area contributed by atoms with Crippen LogP contribution in [0.5, 0.6) is 5.75 Å². The van der Waals surface area contributed by atoms with Crippen molar-refractivity contribution >= 4 is 11.7 Å². The minimum atomic E-state index is -0.613. The van der Waals surface area contributed by atoms with E-state index in [2.05, 4.69) is 19.2 Å². The summed E-state index contributed by atoms with van der Waals surface area (Å²) in [4.78, 5) is 12.2. The third-order valence-electron chi connectivity index (χ3n) is 4.22. The van der Waals surface area contributed by atoms with E-state index in [0.29, 0.717) is 11.8 Å². The van der Waals surface area contributed by atoms with E-state index >= 15 is 0 Å². The molecular weight excluding hydrogens is 254 g/mol. The van der Waals surface area contributed by atoms with Gasteiger partial charge in [0, 0.05) is 0 Å². The van der Waals surface area contributed by atoms with Gasteiger partial charge in [0.15, 0.2) is 0 Å². The molecule has 0 saturated heterocycles. The molecule has 0 radical (unpaired) electrons. The molecule has 0 unspecified atom stereocenters. The van der Waals surface area contributed by atoms with E-state index in [4.69, 9.17) is 9.47 Å². The van der Waals surface area contributed by atoms with Crippen molar-refractivity contribution in [3.05, 3.63) is 24.3 Å². The Morgan fingerprint density at radius 2 is 1.95 bits per heavy atom. The van der Waals surface area contributed by atoms with Gasteiger partial charge in [0.1, 0.15) is 11.3 Å². The summed E-state index contributed by atoms with van der Waals surface area (Å²) in [6, 6.07) is 7.64. The Hall–Kier alpha value is -1.71.